The zero-order valence-electron chi connectivity index (χ0n) is 16.2. The fraction of sp³-hybridized carbons (Fsp3) is 0.174. The lowest BCUT2D eigenvalue weighted by atomic mass is 10.0. The van der Waals surface area contributed by atoms with Crippen LogP contribution in [0.5, 0.6) is 11.5 Å². The van der Waals surface area contributed by atoms with Crippen molar-refractivity contribution >= 4 is 11.0 Å². The van der Waals surface area contributed by atoms with Gasteiger partial charge in [-0.1, -0.05) is 30.3 Å². The van der Waals surface area contributed by atoms with E-state index in [-0.39, 0.29) is 6.04 Å². The van der Waals surface area contributed by atoms with Gasteiger partial charge in [0.15, 0.2) is 5.75 Å². The van der Waals surface area contributed by atoms with Crippen LogP contribution in [0.25, 0.3) is 27.8 Å². The molecule has 0 aliphatic carbocycles. The number of para-hydroxylation sites is 1. The van der Waals surface area contributed by atoms with Gasteiger partial charge in [-0.3, -0.25) is 4.57 Å². The molecule has 5 heteroatoms. The minimum atomic E-state index is -0.0255. The van der Waals surface area contributed by atoms with E-state index in [4.69, 9.17) is 15.2 Å². The maximum Gasteiger partial charge on any atom is 0.150 e. The molecule has 0 saturated carbocycles. The number of aromatic nitrogens is 2. The number of fused-ring (bicyclic) bond motifs is 1. The lowest BCUT2D eigenvalue weighted by Crippen LogP contribution is -2.04. The highest BCUT2D eigenvalue weighted by Gasteiger charge is 2.15. The summed E-state index contributed by atoms with van der Waals surface area (Å²) in [5.74, 6) is 1.62. The molecule has 0 radical (unpaired) electrons. The average molecular weight is 373 g/mol. The third kappa shape index (κ3) is 3.10. The topological polar surface area (TPSA) is 62.3 Å². The predicted octanol–water partition coefficient (Wildman–Crippen LogP) is 4.73. The van der Waals surface area contributed by atoms with Crippen molar-refractivity contribution in [2.24, 2.45) is 5.73 Å². The molecule has 1 atom stereocenters. The second-order valence-electron chi connectivity index (χ2n) is 6.74. The molecule has 2 N–H and O–H groups in total. The first-order chi connectivity index (χ1) is 13.6. The Balaban J connectivity index is 1.85. The smallest absolute Gasteiger partial charge is 0.150 e. The largest absolute Gasteiger partial charge is 0.497 e. The Bertz CT molecular complexity index is 1110. The number of imidazole rings is 1. The number of nitrogens with zero attached hydrogens (tertiary/aromatic N) is 2. The lowest BCUT2D eigenvalue weighted by Gasteiger charge is -2.15. The first-order valence-electron chi connectivity index (χ1n) is 9.16. The maximum atomic E-state index is 6.01. The molecule has 5 nitrogen and oxygen atoms in total. The molecule has 1 unspecified atom stereocenters. The Morgan fingerprint density at radius 3 is 2.43 bits per heavy atom. The quantitative estimate of drug-likeness (QED) is 0.549. The van der Waals surface area contributed by atoms with E-state index < -0.39 is 0 Å². The Hall–Kier alpha value is -3.31. The zero-order chi connectivity index (χ0) is 19.7. The van der Waals surface area contributed by atoms with Crippen molar-refractivity contribution in [3.63, 3.8) is 0 Å². The minimum Gasteiger partial charge on any atom is -0.497 e. The minimum absolute atomic E-state index is 0.0255. The van der Waals surface area contributed by atoms with E-state index in [0.29, 0.717) is 0 Å². The molecule has 0 fully saturated rings. The van der Waals surface area contributed by atoms with Gasteiger partial charge in [-0.15, -0.1) is 0 Å². The molecular weight excluding hydrogens is 350 g/mol. The van der Waals surface area contributed by atoms with E-state index in [1.165, 1.54) is 0 Å². The predicted molar refractivity (Wildman–Crippen MR) is 112 cm³/mol. The van der Waals surface area contributed by atoms with Gasteiger partial charge in [-0.2, -0.15) is 0 Å². The highest BCUT2D eigenvalue weighted by molar-refractivity contribution is 5.82. The number of ether oxygens (including phenoxy) is 2. The first-order valence-corrected chi connectivity index (χ1v) is 9.16. The first kappa shape index (κ1) is 18.1. The molecule has 1 aromatic heterocycles. The average Bonchev–Trinajstić information content (AvgIpc) is 3.16. The van der Waals surface area contributed by atoms with Crippen LogP contribution in [0.1, 0.15) is 18.5 Å². The number of benzene rings is 3. The van der Waals surface area contributed by atoms with E-state index in [1.54, 1.807) is 14.2 Å². The molecule has 4 aromatic rings. The summed E-state index contributed by atoms with van der Waals surface area (Å²) in [6, 6.07) is 20.2. The summed E-state index contributed by atoms with van der Waals surface area (Å²) in [6.45, 7) is 1.97. The van der Waals surface area contributed by atoms with Crippen LogP contribution in [-0.4, -0.2) is 23.8 Å². The van der Waals surface area contributed by atoms with Crippen LogP contribution in [0.15, 0.2) is 67.0 Å². The third-order valence-electron chi connectivity index (χ3n) is 4.96. The van der Waals surface area contributed by atoms with Crippen LogP contribution in [0.2, 0.25) is 0 Å². The van der Waals surface area contributed by atoms with Gasteiger partial charge >= 0.3 is 0 Å². The van der Waals surface area contributed by atoms with Crippen LogP contribution in [-0.2, 0) is 0 Å². The van der Waals surface area contributed by atoms with Crippen LogP contribution in [0.4, 0.5) is 0 Å². The van der Waals surface area contributed by atoms with Crippen LogP contribution < -0.4 is 15.2 Å². The Morgan fingerprint density at radius 2 is 1.75 bits per heavy atom. The third-order valence-corrected chi connectivity index (χ3v) is 4.96. The number of nitrogens with two attached hydrogens (primary N) is 1. The van der Waals surface area contributed by atoms with Gasteiger partial charge in [0.1, 0.15) is 12.1 Å². The highest BCUT2D eigenvalue weighted by Crippen LogP contribution is 2.37. The van der Waals surface area contributed by atoms with E-state index in [9.17, 15) is 0 Å². The van der Waals surface area contributed by atoms with Crippen LogP contribution >= 0.6 is 0 Å². The number of hydrogen-bond acceptors (Lipinski definition) is 4. The second-order valence-corrected chi connectivity index (χ2v) is 6.74. The van der Waals surface area contributed by atoms with Crippen molar-refractivity contribution in [1.29, 1.82) is 0 Å². The maximum absolute atomic E-state index is 6.01. The van der Waals surface area contributed by atoms with Crippen LogP contribution in [0.3, 0.4) is 0 Å². The molecule has 0 amide bonds. The van der Waals surface area contributed by atoms with E-state index in [0.717, 1.165) is 44.9 Å². The SMILES string of the molecule is COc1ccc(-c2cccc(-n3cnc4cc(C(C)N)ccc43)c2OC)cc1. The fourth-order valence-electron chi connectivity index (χ4n) is 3.43. The summed E-state index contributed by atoms with van der Waals surface area (Å²) < 4.78 is 13.1. The van der Waals surface area contributed by atoms with Gasteiger partial charge in [0.05, 0.1) is 30.9 Å². The van der Waals surface area contributed by atoms with Crippen molar-refractivity contribution < 1.29 is 9.47 Å². The van der Waals surface area contributed by atoms with Crippen molar-refractivity contribution in [2.45, 2.75) is 13.0 Å². The molecule has 4 rings (SSSR count). The molecule has 0 spiro atoms. The van der Waals surface area contributed by atoms with Gasteiger partial charge in [0.2, 0.25) is 0 Å². The summed E-state index contributed by atoms with van der Waals surface area (Å²) in [5.41, 5.74) is 12.0. The Labute approximate surface area is 164 Å². The molecule has 0 aliphatic rings. The van der Waals surface area contributed by atoms with Crippen molar-refractivity contribution in [2.75, 3.05) is 14.2 Å². The second kappa shape index (κ2) is 7.37. The summed E-state index contributed by atoms with van der Waals surface area (Å²) in [4.78, 5) is 4.57. The summed E-state index contributed by atoms with van der Waals surface area (Å²) in [6.07, 6.45) is 1.82. The molecular formula is C23H23N3O2. The summed E-state index contributed by atoms with van der Waals surface area (Å²) in [7, 11) is 3.36. The zero-order valence-corrected chi connectivity index (χ0v) is 16.2. The monoisotopic (exact) mass is 373 g/mol. The summed E-state index contributed by atoms with van der Waals surface area (Å²) >= 11 is 0. The van der Waals surface area contributed by atoms with Crippen molar-refractivity contribution in [1.82, 2.24) is 9.55 Å². The molecule has 142 valence electrons. The van der Waals surface area contributed by atoms with Gasteiger partial charge in [-0.25, -0.2) is 4.98 Å². The number of rotatable bonds is 5. The molecule has 0 aliphatic heterocycles. The fourth-order valence-corrected chi connectivity index (χ4v) is 3.43. The molecule has 28 heavy (non-hydrogen) atoms. The Kier molecular flexibility index (Phi) is 4.75. The number of hydrogen-bond donors (Lipinski definition) is 1. The van der Waals surface area contributed by atoms with Gasteiger partial charge in [0.25, 0.3) is 0 Å². The van der Waals surface area contributed by atoms with Crippen molar-refractivity contribution in [3.8, 4) is 28.3 Å². The normalized spacial score (nSPS) is 12.1. The molecule has 0 bridgehead atoms. The number of methoxy groups -OCH3 is 2. The lowest BCUT2D eigenvalue weighted by molar-refractivity contribution is 0.413. The van der Waals surface area contributed by atoms with Gasteiger partial charge < -0.3 is 15.2 Å². The Morgan fingerprint density at radius 1 is 0.964 bits per heavy atom. The molecule has 3 aromatic carbocycles. The molecule has 0 saturated heterocycles. The summed E-state index contributed by atoms with van der Waals surface area (Å²) in [5, 5.41) is 0. The van der Waals surface area contributed by atoms with E-state index in [2.05, 4.69) is 17.1 Å². The van der Waals surface area contributed by atoms with Crippen molar-refractivity contribution in [3.05, 3.63) is 72.6 Å². The van der Waals surface area contributed by atoms with Crippen LogP contribution in [0, 0.1) is 0 Å². The molecule has 1 heterocycles. The van der Waals surface area contributed by atoms with Gasteiger partial charge in [-0.05, 0) is 48.4 Å². The van der Waals surface area contributed by atoms with E-state index >= 15 is 0 Å². The van der Waals surface area contributed by atoms with E-state index in [1.807, 2.05) is 66.3 Å². The standard InChI is InChI=1S/C23H23N3O2/c1-15(24)17-9-12-21-20(13-17)25-14-26(21)22-6-4-5-19(23(22)28-3)16-7-10-18(27-2)11-8-16/h4-15H,24H2,1-3H3. The van der Waals surface area contributed by atoms with Gasteiger partial charge in [0, 0.05) is 11.6 Å². The highest BCUT2D eigenvalue weighted by atomic mass is 16.5.